The van der Waals surface area contributed by atoms with E-state index in [1.165, 1.54) is 30.3 Å². The second-order valence-corrected chi connectivity index (χ2v) is 9.00. The fraction of sp³-hybridized carbons (Fsp3) is 0.696. The number of rotatable bonds is 9. The number of fused-ring (bicyclic) bond motifs is 1. The van der Waals surface area contributed by atoms with Gasteiger partial charge in [0.25, 0.3) is 5.78 Å². The lowest BCUT2D eigenvalue weighted by atomic mass is 9.83. The molecule has 31 heavy (non-hydrogen) atoms. The number of amides is 1. The Kier molecular flexibility index (Phi) is 7.53. The number of hydrogen-bond acceptors (Lipinski definition) is 6. The van der Waals surface area contributed by atoms with E-state index in [-0.39, 0.29) is 18.4 Å². The number of nitrogens with one attached hydrogen (secondary N) is 1. The van der Waals surface area contributed by atoms with Crippen molar-refractivity contribution in [3.63, 3.8) is 0 Å². The van der Waals surface area contributed by atoms with E-state index in [0.717, 1.165) is 51.4 Å². The van der Waals surface area contributed by atoms with Gasteiger partial charge in [-0.2, -0.15) is 5.48 Å². The molecular formula is C23H34N2O6. The number of hydrogen-bond donors (Lipinski definition) is 3. The number of carbonyl (C=O) groups is 1. The van der Waals surface area contributed by atoms with Gasteiger partial charge in [-0.15, -0.1) is 0 Å². The number of carboxylic acid groups (broad SMARTS) is 1. The van der Waals surface area contributed by atoms with Crippen LogP contribution in [0.4, 0.5) is 10.5 Å². The third-order valence-corrected chi connectivity index (χ3v) is 6.82. The van der Waals surface area contributed by atoms with Gasteiger partial charge in [-0.25, -0.2) is 4.79 Å². The molecule has 0 unspecified atom stereocenters. The second-order valence-electron chi connectivity index (χ2n) is 9.00. The van der Waals surface area contributed by atoms with E-state index < -0.39 is 18.2 Å². The van der Waals surface area contributed by atoms with Crippen molar-refractivity contribution < 1.29 is 28.7 Å². The van der Waals surface area contributed by atoms with E-state index in [2.05, 4.69) is 5.48 Å². The summed E-state index contributed by atoms with van der Waals surface area (Å²) in [5.74, 6) is 0.673. The zero-order chi connectivity index (χ0) is 21.6. The molecule has 3 N–H and O–H groups in total. The first kappa shape index (κ1) is 22.2. The van der Waals surface area contributed by atoms with Crippen LogP contribution in [0.25, 0.3) is 11.2 Å². The van der Waals surface area contributed by atoms with Gasteiger partial charge in [-0.3, -0.25) is 9.74 Å². The first-order chi connectivity index (χ1) is 15.1. The molecule has 1 amide bonds. The summed E-state index contributed by atoms with van der Waals surface area (Å²) in [5.41, 5.74) is 3.34. The number of hydroxylamine groups is 1. The number of nitrogens with zero attached hydrogens (tertiary/aromatic N) is 1. The zero-order valence-corrected chi connectivity index (χ0v) is 18.0. The molecule has 2 aliphatic rings. The van der Waals surface area contributed by atoms with Crippen LogP contribution in [-0.4, -0.2) is 41.1 Å². The van der Waals surface area contributed by atoms with E-state index in [0.29, 0.717) is 23.4 Å². The Morgan fingerprint density at radius 3 is 2.55 bits per heavy atom. The van der Waals surface area contributed by atoms with Crippen LogP contribution in [0.2, 0.25) is 0 Å². The van der Waals surface area contributed by atoms with Crippen molar-refractivity contribution in [3.05, 3.63) is 18.6 Å². The monoisotopic (exact) mass is 434 g/mol. The molecular weight excluding hydrogens is 400 g/mol. The molecule has 2 aromatic heterocycles. The Bertz CT molecular complexity index is 821. The fourth-order valence-electron chi connectivity index (χ4n) is 5.13. The quantitative estimate of drug-likeness (QED) is 0.473. The molecule has 2 heterocycles. The Morgan fingerprint density at radius 1 is 1.13 bits per heavy atom. The summed E-state index contributed by atoms with van der Waals surface area (Å²) < 4.78 is 10.7. The minimum absolute atomic E-state index is 0.160. The van der Waals surface area contributed by atoms with Gasteiger partial charge >= 0.3 is 6.09 Å². The van der Waals surface area contributed by atoms with Crippen LogP contribution in [0.5, 0.6) is 0 Å². The van der Waals surface area contributed by atoms with Gasteiger partial charge < -0.3 is 19.0 Å². The molecule has 2 fully saturated rings. The topological polar surface area (TPSA) is 108 Å². The van der Waals surface area contributed by atoms with Crippen molar-refractivity contribution in [3.8, 4) is 0 Å². The summed E-state index contributed by atoms with van der Waals surface area (Å²) in [6.45, 7) is 0.171. The number of aliphatic hydroxyl groups excluding tert-OH is 1. The van der Waals surface area contributed by atoms with Gasteiger partial charge in [0.1, 0.15) is 6.26 Å². The normalized spacial score (nSPS) is 20.7. The first-order valence-electron chi connectivity index (χ1n) is 11.7. The molecule has 2 atom stereocenters. The maximum absolute atomic E-state index is 12.4. The number of furan rings is 2. The van der Waals surface area contributed by atoms with Crippen molar-refractivity contribution in [2.24, 2.45) is 5.92 Å². The zero-order valence-electron chi connectivity index (χ0n) is 18.0. The average Bonchev–Trinajstić information content (AvgIpc) is 3.39. The second kappa shape index (κ2) is 10.5. The number of anilines is 1. The van der Waals surface area contributed by atoms with Crippen LogP contribution in [0.1, 0.15) is 70.6 Å². The maximum Gasteiger partial charge on any atom is 0.412 e. The van der Waals surface area contributed by atoms with Crippen molar-refractivity contribution in [1.82, 2.24) is 5.48 Å². The van der Waals surface area contributed by atoms with Crippen LogP contribution in [-0.2, 0) is 4.84 Å². The minimum Gasteiger partial charge on any atom is -0.465 e. The van der Waals surface area contributed by atoms with Gasteiger partial charge in [-0.05, 0) is 31.2 Å². The molecule has 8 heteroatoms. The minimum atomic E-state index is -1.11. The summed E-state index contributed by atoms with van der Waals surface area (Å²) in [6.07, 6.45) is 12.9. The molecule has 4 rings (SSSR count). The maximum atomic E-state index is 12.4. The van der Waals surface area contributed by atoms with Crippen molar-refractivity contribution in [2.75, 3.05) is 11.4 Å². The van der Waals surface area contributed by atoms with E-state index >= 15 is 0 Å². The van der Waals surface area contributed by atoms with E-state index in [9.17, 15) is 15.0 Å². The van der Waals surface area contributed by atoms with E-state index in [4.69, 9.17) is 13.7 Å². The lowest BCUT2D eigenvalue weighted by Gasteiger charge is -2.36. The van der Waals surface area contributed by atoms with Crippen LogP contribution < -0.4 is 10.4 Å². The molecule has 2 aromatic rings. The molecule has 0 spiro atoms. The fourth-order valence-corrected chi connectivity index (χ4v) is 5.13. The van der Waals surface area contributed by atoms with Gasteiger partial charge in [0.05, 0.1) is 35.6 Å². The van der Waals surface area contributed by atoms with Gasteiger partial charge in [-0.1, -0.05) is 51.4 Å². The van der Waals surface area contributed by atoms with Crippen LogP contribution >= 0.6 is 0 Å². The molecule has 0 saturated heterocycles. The largest absolute Gasteiger partial charge is 0.465 e. The molecule has 0 radical (unpaired) electrons. The van der Waals surface area contributed by atoms with Crippen molar-refractivity contribution in [1.29, 1.82) is 0 Å². The number of aliphatic hydroxyl groups is 1. The molecule has 2 saturated carbocycles. The molecule has 0 aromatic carbocycles. The summed E-state index contributed by atoms with van der Waals surface area (Å²) >= 11 is 0. The van der Waals surface area contributed by atoms with Crippen LogP contribution in [0.15, 0.2) is 27.4 Å². The highest BCUT2D eigenvalue weighted by atomic mass is 16.7. The van der Waals surface area contributed by atoms with E-state index in [1.807, 2.05) is 0 Å². The summed E-state index contributed by atoms with van der Waals surface area (Å²) in [6, 6.07) is 1.08. The summed E-state index contributed by atoms with van der Waals surface area (Å²) in [7, 11) is 0. The predicted molar refractivity (Wildman–Crippen MR) is 116 cm³/mol. The summed E-state index contributed by atoms with van der Waals surface area (Å²) in [5, 5.41) is 21.8. The van der Waals surface area contributed by atoms with Gasteiger partial charge in [0.2, 0.25) is 0 Å². The standard InChI is InChI=1S/C23H34N2O6/c26-21(14-24-31-17-9-5-2-6-10-17)19(13-16-7-3-1-4-8-16)25(23(27)28)20-15-30-22-18(20)11-12-29-22/h11-12,15-17,19,21,24,26H,1-10,13-14H2,(H,27,28)/t19-,21+/m0/s1. The van der Waals surface area contributed by atoms with E-state index in [1.54, 1.807) is 6.07 Å². The molecule has 0 aliphatic heterocycles. The van der Waals surface area contributed by atoms with Gasteiger partial charge in [0.15, 0.2) is 0 Å². The summed E-state index contributed by atoms with van der Waals surface area (Å²) in [4.78, 5) is 19.4. The SMILES string of the molecule is O=C(O)N(c1coc2occc12)[C@@H](CC1CCCCC1)[C@H](O)CNOC1CCCCC1. The van der Waals surface area contributed by atoms with Crippen LogP contribution in [0.3, 0.4) is 0 Å². The highest BCUT2D eigenvalue weighted by Crippen LogP contribution is 2.35. The molecule has 2 aliphatic carbocycles. The highest BCUT2D eigenvalue weighted by molar-refractivity contribution is 5.98. The first-order valence-corrected chi connectivity index (χ1v) is 11.7. The smallest absolute Gasteiger partial charge is 0.412 e. The molecule has 0 bridgehead atoms. The third-order valence-electron chi connectivity index (χ3n) is 6.82. The Morgan fingerprint density at radius 2 is 1.84 bits per heavy atom. The van der Waals surface area contributed by atoms with Crippen LogP contribution in [0, 0.1) is 5.92 Å². The van der Waals surface area contributed by atoms with Crippen molar-refractivity contribution in [2.45, 2.75) is 88.9 Å². The Balaban J connectivity index is 1.50. The Labute approximate surface area is 182 Å². The third kappa shape index (κ3) is 5.42. The molecule has 8 nitrogen and oxygen atoms in total. The highest BCUT2D eigenvalue weighted by Gasteiger charge is 2.35. The molecule has 172 valence electrons. The lowest BCUT2D eigenvalue weighted by Crippen LogP contribution is -2.51. The lowest BCUT2D eigenvalue weighted by molar-refractivity contribution is -0.0580. The van der Waals surface area contributed by atoms with Crippen molar-refractivity contribution >= 4 is 22.9 Å². The average molecular weight is 435 g/mol. The predicted octanol–water partition coefficient (Wildman–Crippen LogP) is 5.06. The Hall–Kier alpha value is -2.03. The van der Waals surface area contributed by atoms with Gasteiger partial charge in [0, 0.05) is 6.54 Å².